The molecular formula is C18H26O8. The van der Waals surface area contributed by atoms with Crippen LogP contribution >= 0.6 is 0 Å². The molecule has 0 aromatic carbocycles. The van der Waals surface area contributed by atoms with Crippen molar-refractivity contribution < 1.29 is 38.6 Å². The van der Waals surface area contributed by atoms with E-state index in [9.17, 15) is 10.2 Å². The minimum absolute atomic E-state index is 0.212. The topological polar surface area (TPSA) is 95.8 Å². The van der Waals surface area contributed by atoms with Crippen LogP contribution in [0.3, 0.4) is 0 Å². The maximum absolute atomic E-state index is 11.6. The van der Waals surface area contributed by atoms with E-state index in [0.29, 0.717) is 12.8 Å². The van der Waals surface area contributed by atoms with Crippen LogP contribution < -0.4 is 0 Å². The Hall–Kier alpha value is -0.320. The van der Waals surface area contributed by atoms with Gasteiger partial charge in [0.15, 0.2) is 11.6 Å². The van der Waals surface area contributed by atoms with Crippen molar-refractivity contribution in [3.63, 3.8) is 0 Å². The summed E-state index contributed by atoms with van der Waals surface area (Å²) < 4.78 is 35.9. The Balaban J connectivity index is 1.33. The number of aliphatic hydroxyl groups is 2. The molecule has 2 N–H and O–H groups in total. The average molecular weight is 370 g/mol. The van der Waals surface area contributed by atoms with Gasteiger partial charge in [0, 0.05) is 12.8 Å². The molecule has 0 amide bonds. The fourth-order valence-corrected chi connectivity index (χ4v) is 6.15. The van der Waals surface area contributed by atoms with Crippen molar-refractivity contribution >= 4 is 0 Å². The van der Waals surface area contributed by atoms with Crippen molar-refractivity contribution in [2.45, 2.75) is 112 Å². The molecule has 0 aromatic rings. The summed E-state index contributed by atoms with van der Waals surface area (Å²) in [6.07, 6.45) is -2.53. The van der Waals surface area contributed by atoms with Crippen LogP contribution in [0.4, 0.5) is 0 Å². The number of fused-ring (bicyclic) bond motifs is 10. The Labute approximate surface area is 151 Å². The molecular weight excluding hydrogens is 344 g/mol. The smallest absolute Gasteiger partial charge is 0.164 e. The molecule has 6 fully saturated rings. The highest BCUT2D eigenvalue weighted by atomic mass is 16.8. The van der Waals surface area contributed by atoms with Gasteiger partial charge in [-0.1, -0.05) is 0 Å². The summed E-state index contributed by atoms with van der Waals surface area (Å²) in [7, 11) is 0. The van der Waals surface area contributed by atoms with Gasteiger partial charge in [-0.3, -0.25) is 0 Å². The fraction of sp³-hybridized carbons (Fsp3) is 1.00. The monoisotopic (exact) mass is 370 g/mol. The van der Waals surface area contributed by atoms with E-state index in [-0.39, 0.29) is 24.4 Å². The summed E-state index contributed by atoms with van der Waals surface area (Å²) in [5.41, 5.74) is -2.94. The van der Waals surface area contributed by atoms with E-state index in [4.69, 9.17) is 28.4 Å². The van der Waals surface area contributed by atoms with Gasteiger partial charge in [0.1, 0.15) is 47.8 Å². The van der Waals surface area contributed by atoms with Crippen LogP contribution in [0.1, 0.15) is 40.5 Å². The lowest BCUT2D eigenvalue weighted by Crippen LogP contribution is -2.70. The molecule has 6 aliphatic rings. The number of hydrogen-bond acceptors (Lipinski definition) is 8. The lowest BCUT2D eigenvalue weighted by molar-refractivity contribution is -0.240. The third kappa shape index (κ3) is 1.78. The van der Waals surface area contributed by atoms with Crippen molar-refractivity contribution in [1.82, 2.24) is 0 Å². The second-order valence-electron chi connectivity index (χ2n) is 9.58. The van der Waals surface area contributed by atoms with Crippen LogP contribution in [0.2, 0.25) is 0 Å². The Kier molecular flexibility index (Phi) is 2.85. The van der Waals surface area contributed by atoms with Gasteiger partial charge < -0.3 is 38.6 Å². The van der Waals surface area contributed by atoms with Gasteiger partial charge >= 0.3 is 0 Å². The van der Waals surface area contributed by atoms with Gasteiger partial charge in [0.25, 0.3) is 0 Å². The summed E-state index contributed by atoms with van der Waals surface area (Å²) in [4.78, 5) is 0. The van der Waals surface area contributed by atoms with E-state index in [1.54, 1.807) is 0 Å². The first kappa shape index (κ1) is 16.6. The summed E-state index contributed by atoms with van der Waals surface area (Å²) >= 11 is 0. The fourth-order valence-electron chi connectivity index (χ4n) is 6.15. The molecule has 0 aliphatic carbocycles. The zero-order valence-electron chi connectivity index (χ0n) is 15.4. The van der Waals surface area contributed by atoms with Crippen LogP contribution in [0, 0.1) is 0 Å². The van der Waals surface area contributed by atoms with Gasteiger partial charge in [-0.15, -0.1) is 0 Å². The highest BCUT2D eigenvalue weighted by Gasteiger charge is 2.79. The van der Waals surface area contributed by atoms with Gasteiger partial charge in [0.05, 0.1) is 12.2 Å². The first-order valence-corrected chi connectivity index (χ1v) is 9.50. The number of hydrogen-bond donors (Lipinski definition) is 2. The first-order chi connectivity index (χ1) is 12.0. The van der Waals surface area contributed by atoms with Gasteiger partial charge in [-0.25, -0.2) is 0 Å². The quantitative estimate of drug-likeness (QED) is 0.657. The molecule has 0 aromatic heterocycles. The molecule has 4 bridgehead atoms. The van der Waals surface area contributed by atoms with Crippen LogP contribution in [0.5, 0.6) is 0 Å². The van der Waals surface area contributed by atoms with Crippen LogP contribution in [-0.2, 0) is 28.4 Å². The standard InChI is InChI=1S/C18H26O8/c1-15(2)23-9-7-5-17(19,13(21-7)11(9)25-15)18(20)6-8-10-12(14(18)22-8)26-16(3,4)24-10/h7-14,19-20H,5-6H2,1-4H3/t7-,8+,9-,10+,11-,12+,13-,14+,17?,18?. The normalized spacial score (nSPS) is 63.5. The maximum atomic E-state index is 11.6. The van der Waals surface area contributed by atoms with Gasteiger partial charge in [-0.2, -0.15) is 0 Å². The molecule has 26 heavy (non-hydrogen) atoms. The SMILES string of the molecule is CC1(C)O[C@@H]2[C@H](O1)[C@H]1CC(O)(C3(O)C[C@@H]4O[C@H]3[C@H]3OC(C)(C)O[C@H]34)[C@@H]2O1. The summed E-state index contributed by atoms with van der Waals surface area (Å²) in [6.45, 7) is 7.43. The maximum Gasteiger partial charge on any atom is 0.164 e. The Morgan fingerprint density at radius 2 is 0.962 bits per heavy atom. The third-order valence-corrected chi connectivity index (χ3v) is 7.02. The lowest BCUT2D eigenvalue weighted by Gasteiger charge is -2.48. The number of ether oxygens (including phenoxy) is 6. The molecule has 6 aliphatic heterocycles. The van der Waals surface area contributed by atoms with E-state index in [1.807, 2.05) is 27.7 Å². The van der Waals surface area contributed by atoms with Crippen molar-refractivity contribution in [1.29, 1.82) is 0 Å². The predicted octanol–water partition coefficient (Wildman–Crippen LogP) is -0.169. The minimum atomic E-state index is -1.47. The Morgan fingerprint density at radius 3 is 1.35 bits per heavy atom. The average Bonchev–Trinajstić information content (AvgIpc) is 3.26. The molecule has 8 nitrogen and oxygen atoms in total. The van der Waals surface area contributed by atoms with Gasteiger partial charge in [-0.05, 0) is 27.7 Å². The highest BCUT2D eigenvalue weighted by molar-refractivity contribution is 5.27. The minimum Gasteiger partial charge on any atom is -0.384 e. The van der Waals surface area contributed by atoms with Crippen molar-refractivity contribution in [2.24, 2.45) is 0 Å². The first-order valence-electron chi connectivity index (χ1n) is 9.50. The lowest BCUT2D eigenvalue weighted by atomic mass is 9.64. The van der Waals surface area contributed by atoms with E-state index >= 15 is 0 Å². The van der Waals surface area contributed by atoms with Crippen molar-refractivity contribution in [3.8, 4) is 0 Å². The molecule has 8 heteroatoms. The summed E-state index contributed by atoms with van der Waals surface area (Å²) in [5, 5.41) is 23.3. The molecule has 146 valence electrons. The largest absolute Gasteiger partial charge is 0.384 e. The van der Waals surface area contributed by atoms with E-state index in [1.165, 1.54) is 0 Å². The molecule has 10 atom stereocenters. The molecule has 0 spiro atoms. The highest BCUT2D eigenvalue weighted by Crippen LogP contribution is 2.60. The van der Waals surface area contributed by atoms with E-state index in [0.717, 1.165) is 0 Å². The van der Waals surface area contributed by atoms with E-state index < -0.39 is 47.2 Å². The predicted molar refractivity (Wildman–Crippen MR) is 84.1 cm³/mol. The Bertz CT molecular complexity index is 610. The number of rotatable bonds is 1. The van der Waals surface area contributed by atoms with Crippen molar-refractivity contribution in [3.05, 3.63) is 0 Å². The molecule has 0 radical (unpaired) electrons. The molecule has 6 rings (SSSR count). The second kappa shape index (κ2) is 4.46. The van der Waals surface area contributed by atoms with E-state index in [2.05, 4.69) is 0 Å². The zero-order chi connectivity index (χ0) is 18.3. The molecule has 6 saturated heterocycles. The molecule has 2 unspecified atom stereocenters. The van der Waals surface area contributed by atoms with Gasteiger partial charge in [0.2, 0.25) is 0 Å². The third-order valence-electron chi connectivity index (χ3n) is 7.02. The Morgan fingerprint density at radius 1 is 0.615 bits per heavy atom. The van der Waals surface area contributed by atoms with Crippen molar-refractivity contribution in [2.75, 3.05) is 0 Å². The summed E-state index contributed by atoms with van der Waals surface area (Å²) in [6, 6.07) is 0. The second-order valence-corrected chi connectivity index (χ2v) is 9.58. The zero-order valence-corrected chi connectivity index (χ0v) is 15.4. The summed E-state index contributed by atoms with van der Waals surface area (Å²) in [5.74, 6) is -1.43. The molecule has 0 saturated carbocycles. The van der Waals surface area contributed by atoms with Crippen LogP contribution in [0.15, 0.2) is 0 Å². The van der Waals surface area contributed by atoms with Crippen LogP contribution in [-0.4, -0.2) is 81.8 Å². The molecule has 6 heterocycles. The van der Waals surface area contributed by atoms with Crippen LogP contribution in [0.25, 0.3) is 0 Å².